The van der Waals surface area contributed by atoms with E-state index in [2.05, 4.69) is 146 Å². The van der Waals surface area contributed by atoms with Gasteiger partial charge in [-0.25, -0.2) is 9.97 Å². The minimum absolute atomic E-state index is 0.704. The minimum atomic E-state index is 0.704. The molecule has 51 heavy (non-hydrogen) atoms. The van der Waals surface area contributed by atoms with Gasteiger partial charge in [0.1, 0.15) is 11.2 Å². The quantitative estimate of drug-likeness (QED) is 0.186. The Morgan fingerprint density at radius 2 is 0.980 bits per heavy atom. The second-order valence-electron chi connectivity index (χ2n) is 13.0. The Balaban J connectivity index is 1.18. The first-order valence-electron chi connectivity index (χ1n) is 17.2. The molecule has 0 saturated carbocycles. The Bertz CT molecular complexity index is 2850. The highest BCUT2D eigenvalue weighted by Gasteiger charge is 2.19. The van der Waals surface area contributed by atoms with Gasteiger partial charge in [0.05, 0.1) is 11.4 Å². The molecule has 0 aliphatic rings. The molecule has 238 valence electrons. The number of benzene rings is 8. The molecule has 3 nitrogen and oxygen atoms in total. The van der Waals surface area contributed by atoms with Gasteiger partial charge >= 0.3 is 0 Å². The summed E-state index contributed by atoms with van der Waals surface area (Å²) in [7, 11) is 0. The third kappa shape index (κ3) is 5.06. The molecule has 0 atom stereocenters. The Kier molecular flexibility index (Phi) is 6.81. The number of hydrogen-bond acceptors (Lipinski definition) is 3. The molecular weight excluding hydrogens is 621 g/mol. The van der Waals surface area contributed by atoms with Gasteiger partial charge in [-0.1, -0.05) is 152 Å². The van der Waals surface area contributed by atoms with Crippen LogP contribution in [0.1, 0.15) is 0 Å². The zero-order chi connectivity index (χ0) is 33.7. The molecule has 0 aliphatic carbocycles. The highest BCUT2D eigenvalue weighted by molar-refractivity contribution is 6.22. The highest BCUT2D eigenvalue weighted by atomic mass is 16.3. The predicted octanol–water partition coefficient (Wildman–Crippen LogP) is 13.0. The SMILES string of the molecule is c1ccc(-c2cc(-c3cccc(-c4cc5c(oc6cccc(-c7ccc8ccccc8c7)c65)c5ccccc45)c3)nc(-c3ccccc3)n2)cc1. The van der Waals surface area contributed by atoms with Gasteiger partial charge in [0.25, 0.3) is 0 Å². The summed E-state index contributed by atoms with van der Waals surface area (Å²) in [5.41, 5.74) is 11.2. The van der Waals surface area contributed by atoms with E-state index in [9.17, 15) is 0 Å². The van der Waals surface area contributed by atoms with E-state index in [0.29, 0.717) is 5.82 Å². The maximum atomic E-state index is 6.69. The Hall–Kier alpha value is -6.84. The second-order valence-corrected chi connectivity index (χ2v) is 13.0. The van der Waals surface area contributed by atoms with Crippen LogP contribution >= 0.6 is 0 Å². The van der Waals surface area contributed by atoms with Crippen LogP contribution in [0.15, 0.2) is 186 Å². The Morgan fingerprint density at radius 1 is 0.353 bits per heavy atom. The summed E-state index contributed by atoms with van der Waals surface area (Å²) in [6, 6.07) is 63.8. The van der Waals surface area contributed by atoms with Crippen molar-refractivity contribution in [3.63, 3.8) is 0 Å². The van der Waals surface area contributed by atoms with Crippen molar-refractivity contribution in [2.24, 2.45) is 0 Å². The van der Waals surface area contributed by atoms with Gasteiger partial charge in [-0.15, -0.1) is 0 Å². The van der Waals surface area contributed by atoms with E-state index in [1.807, 2.05) is 36.4 Å². The fourth-order valence-corrected chi connectivity index (χ4v) is 7.40. The lowest BCUT2D eigenvalue weighted by Crippen LogP contribution is -1.96. The third-order valence-electron chi connectivity index (χ3n) is 9.86. The van der Waals surface area contributed by atoms with Gasteiger partial charge in [-0.05, 0) is 68.7 Å². The monoisotopic (exact) mass is 650 g/mol. The summed E-state index contributed by atoms with van der Waals surface area (Å²) in [4.78, 5) is 10.1. The van der Waals surface area contributed by atoms with E-state index in [1.165, 1.54) is 16.3 Å². The van der Waals surface area contributed by atoms with Crippen LogP contribution < -0.4 is 0 Å². The van der Waals surface area contributed by atoms with Crippen molar-refractivity contribution in [2.75, 3.05) is 0 Å². The number of rotatable bonds is 5. The van der Waals surface area contributed by atoms with Gasteiger partial charge in [-0.3, -0.25) is 0 Å². The lowest BCUT2D eigenvalue weighted by molar-refractivity contribution is 0.673. The molecule has 0 radical (unpaired) electrons. The average molecular weight is 651 g/mol. The number of furan rings is 1. The van der Waals surface area contributed by atoms with Gasteiger partial charge < -0.3 is 4.42 Å². The molecule has 0 fully saturated rings. The standard InChI is InChI=1S/C48H30N2O/c1-3-14-32(15-4-1)43-30-44(50-48(49-43)33-16-5-2-6-17-33)37-20-11-19-35(28-37)41-29-42-46-38(36-26-25-31-13-7-8-18-34(31)27-36)23-12-24-45(46)51-47(42)40-22-10-9-21-39(40)41/h1-30H. The summed E-state index contributed by atoms with van der Waals surface area (Å²) in [5.74, 6) is 0.704. The highest BCUT2D eigenvalue weighted by Crippen LogP contribution is 2.44. The van der Waals surface area contributed by atoms with Crippen LogP contribution in [0, 0.1) is 0 Å². The van der Waals surface area contributed by atoms with Crippen molar-refractivity contribution >= 4 is 43.5 Å². The summed E-state index contributed by atoms with van der Waals surface area (Å²) < 4.78 is 6.69. The third-order valence-corrected chi connectivity index (χ3v) is 9.86. The van der Waals surface area contributed by atoms with Crippen LogP contribution in [0.4, 0.5) is 0 Å². The molecule has 0 spiro atoms. The molecule has 8 aromatic carbocycles. The molecule has 2 heterocycles. The van der Waals surface area contributed by atoms with E-state index >= 15 is 0 Å². The molecule has 0 saturated heterocycles. The lowest BCUT2D eigenvalue weighted by Gasteiger charge is -2.12. The van der Waals surface area contributed by atoms with Crippen molar-refractivity contribution in [2.45, 2.75) is 0 Å². The van der Waals surface area contributed by atoms with E-state index < -0.39 is 0 Å². The van der Waals surface area contributed by atoms with Crippen molar-refractivity contribution in [1.29, 1.82) is 0 Å². The zero-order valence-electron chi connectivity index (χ0n) is 27.6. The number of aromatic nitrogens is 2. The number of hydrogen-bond donors (Lipinski definition) is 0. The molecule has 0 unspecified atom stereocenters. The van der Waals surface area contributed by atoms with Gasteiger partial charge in [0.15, 0.2) is 5.82 Å². The first-order chi connectivity index (χ1) is 25.3. The van der Waals surface area contributed by atoms with E-state index in [4.69, 9.17) is 14.4 Å². The molecule has 0 amide bonds. The van der Waals surface area contributed by atoms with Crippen LogP contribution in [-0.4, -0.2) is 9.97 Å². The van der Waals surface area contributed by atoms with Crippen LogP contribution in [0.2, 0.25) is 0 Å². The summed E-state index contributed by atoms with van der Waals surface area (Å²) >= 11 is 0. The van der Waals surface area contributed by atoms with Gasteiger partial charge in [0.2, 0.25) is 0 Å². The van der Waals surface area contributed by atoms with Crippen LogP contribution in [-0.2, 0) is 0 Å². The Morgan fingerprint density at radius 3 is 1.80 bits per heavy atom. The topological polar surface area (TPSA) is 38.9 Å². The first kappa shape index (κ1) is 29.1. The zero-order valence-corrected chi connectivity index (χ0v) is 27.6. The molecule has 2 aromatic heterocycles. The average Bonchev–Trinajstić information content (AvgIpc) is 3.60. The Labute approximate surface area is 295 Å². The minimum Gasteiger partial charge on any atom is -0.455 e. The molecule has 3 heteroatoms. The normalized spacial score (nSPS) is 11.5. The van der Waals surface area contributed by atoms with Crippen molar-refractivity contribution in [3.05, 3.63) is 182 Å². The van der Waals surface area contributed by atoms with E-state index in [0.717, 1.165) is 77.5 Å². The van der Waals surface area contributed by atoms with Gasteiger partial charge in [-0.2, -0.15) is 0 Å². The number of fused-ring (bicyclic) bond motifs is 6. The van der Waals surface area contributed by atoms with E-state index in [1.54, 1.807) is 0 Å². The van der Waals surface area contributed by atoms with Crippen LogP contribution in [0.25, 0.3) is 99.6 Å². The summed E-state index contributed by atoms with van der Waals surface area (Å²) in [5, 5.41) is 6.92. The summed E-state index contributed by atoms with van der Waals surface area (Å²) in [6.07, 6.45) is 0. The molecular formula is C48H30N2O. The summed E-state index contributed by atoms with van der Waals surface area (Å²) in [6.45, 7) is 0. The van der Waals surface area contributed by atoms with Gasteiger partial charge in [0, 0.05) is 32.8 Å². The fraction of sp³-hybridized carbons (Fsp3) is 0. The molecule has 0 bridgehead atoms. The van der Waals surface area contributed by atoms with Crippen LogP contribution in [0.5, 0.6) is 0 Å². The lowest BCUT2D eigenvalue weighted by atomic mass is 9.92. The molecule has 10 rings (SSSR count). The second kappa shape index (κ2) is 11.9. The van der Waals surface area contributed by atoms with Crippen molar-refractivity contribution in [1.82, 2.24) is 9.97 Å². The van der Waals surface area contributed by atoms with E-state index in [-0.39, 0.29) is 0 Å². The first-order valence-corrected chi connectivity index (χ1v) is 17.2. The number of nitrogens with zero attached hydrogens (tertiary/aromatic N) is 2. The van der Waals surface area contributed by atoms with Crippen LogP contribution in [0.3, 0.4) is 0 Å². The predicted molar refractivity (Wildman–Crippen MR) is 212 cm³/mol. The maximum Gasteiger partial charge on any atom is 0.160 e. The van der Waals surface area contributed by atoms with Crippen molar-refractivity contribution in [3.8, 4) is 56.2 Å². The van der Waals surface area contributed by atoms with Crippen molar-refractivity contribution < 1.29 is 4.42 Å². The fourth-order valence-electron chi connectivity index (χ4n) is 7.40. The molecule has 10 aromatic rings. The molecule has 0 N–H and O–H groups in total. The smallest absolute Gasteiger partial charge is 0.160 e. The molecule has 0 aliphatic heterocycles. The largest absolute Gasteiger partial charge is 0.455 e. The maximum absolute atomic E-state index is 6.69.